The van der Waals surface area contributed by atoms with Gasteiger partial charge in [0.2, 0.25) is 0 Å². The number of rotatable bonds is 5. The average Bonchev–Trinajstić information content (AvgIpc) is 3.03. The van der Waals surface area contributed by atoms with Crippen LogP contribution in [0.2, 0.25) is 0 Å². The molecule has 7 heteroatoms. The fraction of sp³-hybridized carbons (Fsp3) is 0.444. The number of likely N-dealkylation sites (N-methyl/N-ethyl adjacent to an activating group) is 1. The van der Waals surface area contributed by atoms with Crippen molar-refractivity contribution in [3.05, 3.63) is 52.3 Å². The number of amides is 1. The molecule has 2 heterocycles. The summed E-state index contributed by atoms with van der Waals surface area (Å²) < 4.78 is 0. The number of fused-ring (bicyclic) bond motifs is 1. The lowest BCUT2D eigenvalue weighted by Gasteiger charge is -2.24. The molecule has 0 bridgehead atoms. The number of aliphatic hydroxyl groups excluding tert-OH is 1. The summed E-state index contributed by atoms with van der Waals surface area (Å²) in [6.45, 7) is 6.26. The van der Waals surface area contributed by atoms with Crippen molar-refractivity contribution in [1.82, 2.24) is 20.4 Å². The minimum atomic E-state index is -0.706. The van der Waals surface area contributed by atoms with Crippen LogP contribution < -0.4 is 5.32 Å². The number of aliphatic hydroxyl groups is 1. The highest BCUT2D eigenvalue weighted by molar-refractivity contribution is 5.94. The van der Waals surface area contributed by atoms with Gasteiger partial charge in [-0.15, -0.1) is 12.4 Å². The van der Waals surface area contributed by atoms with Crippen molar-refractivity contribution in [2.45, 2.75) is 32.9 Å². The first-order valence-electron chi connectivity index (χ1n) is 8.41. The van der Waals surface area contributed by atoms with E-state index in [1.54, 1.807) is 4.90 Å². The van der Waals surface area contributed by atoms with E-state index in [-0.39, 0.29) is 24.9 Å². The number of nitrogens with one attached hydrogen (secondary N) is 2. The van der Waals surface area contributed by atoms with Crippen LogP contribution in [-0.2, 0) is 13.0 Å². The fourth-order valence-electron chi connectivity index (χ4n) is 3.01. The number of aryl methyl sites for hydroxylation is 1. The Morgan fingerprint density at radius 3 is 2.76 bits per heavy atom. The molecule has 3 rings (SSSR count). The SMILES string of the molecule is CCN(CC(O)c1ccc(C)cc1)C(=O)c1n[nH]c2c1CNCC2.Cl. The van der Waals surface area contributed by atoms with Crippen LogP contribution in [0.3, 0.4) is 0 Å². The number of hydrogen-bond donors (Lipinski definition) is 3. The Bertz CT molecular complexity index is 714. The average molecular weight is 365 g/mol. The van der Waals surface area contributed by atoms with E-state index in [0.717, 1.165) is 35.3 Å². The van der Waals surface area contributed by atoms with Gasteiger partial charge in [-0.25, -0.2) is 0 Å². The van der Waals surface area contributed by atoms with Gasteiger partial charge in [-0.2, -0.15) is 5.10 Å². The van der Waals surface area contributed by atoms with E-state index in [2.05, 4.69) is 15.5 Å². The number of carbonyl (C=O) groups excluding carboxylic acids is 1. The van der Waals surface area contributed by atoms with Gasteiger partial charge in [-0.05, 0) is 19.4 Å². The summed E-state index contributed by atoms with van der Waals surface area (Å²) in [6, 6.07) is 7.73. The molecule has 25 heavy (non-hydrogen) atoms. The van der Waals surface area contributed by atoms with Gasteiger partial charge in [0.25, 0.3) is 5.91 Å². The molecule has 0 radical (unpaired) electrons. The van der Waals surface area contributed by atoms with Crippen molar-refractivity contribution in [3.8, 4) is 0 Å². The lowest BCUT2D eigenvalue weighted by molar-refractivity contribution is 0.0628. The van der Waals surface area contributed by atoms with Gasteiger partial charge in [0.15, 0.2) is 5.69 Å². The third kappa shape index (κ3) is 4.21. The van der Waals surface area contributed by atoms with E-state index in [4.69, 9.17) is 0 Å². The fourth-order valence-corrected chi connectivity index (χ4v) is 3.01. The van der Waals surface area contributed by atoms with E-state index >= 15 is 0 Å². The molecule has 1 unspecified atom stereocenters. The van der Waals surface area contributed by atoms with Crippen molar-refractivity contribution >= 4 is 18.3 Å². The van der Waals surface area contributed by atoms with Gasteiger partial charge >= 0.3 is 0 Å². The second-order valence-electron chi connectivity index (χ2n) is 6.23. The molecule has 0 spiro atoms. The zero-order valence-electron chi connectivity index (χ0n) is 14.6. The zero-order chi connectivity index (χ0) is 17.1. The van der Waals surface area contributed by atoms with E-state index in [9.17, 15) is 9.90 Å². The van der Waals surface area contributed by atoms with Crippen LogP contribution >= 0.6 is 12.4 Å². The van der Waals surface area contributed by atoms with Gasteiger partial charge in [-0.3, -0.25) is 9.89 Å². The molecule has 2 aromatic rings. The number of carbonyl (C=O) groups is 1. The van der Waals surface area contributed by atoms with E-state index < -0.39 is 6.10 Å². The van der Waals surface area contributed by atoms with Crippen LogP contribution in [0.1, 0.15) is 45.9 Å². The molecule has 1 aromatic heterocycles. The molecule has 0 saturated heterocycles. The lowest BCUT2D eigenvalue weighted by atomic mass is 10.1. The summed E-state index contributed by atoms with van der Waals surface area (Å²) in [5, 5.41) is 20.9. The highest BCUT2D eigenvalue weighted by Crippen LogP contribution is 2.20. The molecule has 0 saturated carbocycles. The molecule has 1 atom stereocenters. The molecule has 0 fully saturated rings. The quantitative estimate of drug-likeness (QED) is 0.757. The molecular weight excluding hydrogens is 340 g/mol. The first-order chi connectivity index (χ1) is 11.6. The predicted octanol–water partition coefficient (Wildman–Crippen LogP) is 1.98. The maximum atomic E-state index is 12.8. The second-order valence-corrected chi connectivity index (χ2v) is 6.23. The largest absolute Gasteiger partial charge is 0.387 e. The standard InChI is InChI=1S/C18H24N4O2.ClH/c1-3-22(11-16(23)13-6-4-12(2)5-7-13)18(24)17-14-10-19-9-8-15(14)20-21-17;/h4-7,16,19,23H,3,8-11H2,1-2H3,(H,20,21);1H. The Hall–Kier alpha value is -1.89. The monoisotopic (exact) mass is 364 g/mol. The zero-order valence-corrected chi connectivity index (χ0v) is 15.4. The van der Waals surface area contributed by atoms with Gasteiger partial charge in [0, 0.05) is 37.3 Å². The van der Waals surface area contributed by atoms with Crippen molar-refractivity contribution in [3.63, 3.8) is 0 Å². The van der Waals surface area contributed by atoms with Crippen molar-refractivity contribution < 1.29 is 9.90 Å². The number of halogens is 1. The Kier molecular flexibility index (Phi) is 6.58. The molecule has 136 valence electrons. The number of hydrogen-bond acceptors (Lipinski definition) is 4. The third-order valence-corrected chi connectivity index (χ3v) is 4.53. The highest BCUT2D eigenvalue weighted by Gasteiger charge is 2.26. The predicted molar refractivity (Wildman–Crippen MR) is 99.0 cm³/mol. The lowest BCUT2D eigenvalue weighted by Crippen LogP contribution is -2.36. The van der Waals surface area contributed by atoms with E-state index in [1.807, 2.05) is 38.1 Å². The van der Waals surface area contributed by atoms with Crippen molar-refractivity contribution in [2.24, 2.45) is 0 Å². The van der Waals surface area contributed by atoms with Gasteiger partial charge in [0.05, 0.1) is 12.6 Å². The summed E-state index contributed by atoms with van der Waals surface area (Å²) in [5.74, 6) is -0.134. The van der Waals surface area contributed by atoms with Crippen LogP contribution in [0, 0.1) is 6.92 Å². The van der Waals surface area contributed by atoms with E-state index in [0.29, 0.717) is 18.8 Å². The number of aromatic nitrogens is 2. The molecule has 3 N–H and O–H groups in total. The Morgan fingerprint density at radius 2 is 2.08 bits per heavy atom. The van der Waals surface area contributed by atoms with Crippen LogP contribution in [0.4, 0.5) is 0 Å². The maximum Gasteiger partial charge on any atom is 0.274 e. The second kappa shape index (κ2) is 8.47. The number of benzene rings is 1. The molecule has 1 aliphatic heterocycles. The molecule has 1 aromatic carbocycles. The summed E-state index contributed by atoms with van der Waals surface area (Å²) in [7, 11) is 0. The molecule has 1 amide bonds. The summed E-state index contributed by atoms with van der Waals surface area (Å²) in [4.78, 5) is 14.5. The number of nitrogens with zero attached hydrogens (tertiary/aromatic N) is 2. The molecular formula is C18H25ClN4O2. The highest BCUT2D eigenvalue weighted by atomic mass is 35.5. The van der Waals surface area contributed by atoms with Crippen LogP contribution in [0.15, 0.2) is 24.3 Å². The summed E-state index contributed by atoms with van der Waals surface area (Å²) >= 11 is 0. The number of H-pyrrole nitrogens is 1. The summed E-state index contributed by atoms with van der Waals surface area (Å²) in [6.07, 6.45) is 0.149. The maximum absolute atomic E-state index is 12.8. The minimum Gasteiger partial charge on any atom is -0.387 e. The van der Waals surface area contributed by atoms with Crippen molar-refractivity contribution in [2.75, 3.05) is 19.6 Å². The van der Waals surface area contributed by atoms with E-state index in [1.165, 1.54) is 0 Å². The smallest absolute Gasteiger partial charge is 0.274 e. The number of aromatic amines is 1. The van der Waals surface area contributed by atoms with Gasteiger partial charge in [-0.1, -0.05) is 29.8 Å². The van der Waals surface area contributed by atoms with Gasteiger partial charge < -0.3 is 15.3 Å². The first-order valence-corrected chi connectivity index (χ1v) is 8.41. The summed E-state index contributed by atoms with van der Waals surface area (Å²) in [5.41, 5.74) is 4.42. The van der Waals surface area contributed by atoms with Crippen molar-refractivity contribution in [1.29, 1.82) is 0 Å². The Labute approximate surface area is 154 Å². The first kappa shape index (κ1) is 19.4. The van der Waals surface area contributed by atoms with Crippen LogP contribution in [-0.4, -0.2) is 45.7 Å². The Balaban J connectivity index is 0.00000225. The molecule has 6 nitrogen and oxygen atoms in total. The normalized spacial score (nSPS) is 14.4. The van der Waals surface area contributed by atoms with Crippen LogP contribution in [0.5, 0.6) is 0 Å². The minimum absolute atomic E-state index is 0. The van der Waals surface area contributed by atoms with Gasteiger partial charge in [0.1, 0.15) is 0 Å². The molecule has 0 aliphatic carbocycles. The third-order valence-electron chi connectivity index (χ3n) is 4.53. The topological polar surface area (TPSA) is 81.2 Å². The Morgan fingerprint density at radius 1 is 1.36 bits per heavy atom. The molecule has 1 aliphatic rings. The van der Waals surface area contributed by atoms with Crippen LogP contribution in [0.25, 0.3) is 0 Å².